The summed E-state index contributed by atoms with van der Waals surface area (Å²) in [6.45, 7) is 0. The summed E-state index contributed by atoms with van der Waals surface area (Å²) in [6, 6.07) is 10.9. The van der Waals surface area contributed by atoms with Crippen molar-refractivity contribution in [3.05, 3.63) is 36.4 Å². The van der Waals surface area contributed by atoms with Gasteiger partial charge in [0, 0.05) is 17.9 Å². The molecule has 0 aliphatic heterocycles. The molecule has 0 aliphatic rings. The fourth-order valence-corrected chi connectivity index (χ4v) is 1.95. The Morgan fingerprint density at radius 1 is 1.11 bits per heavy atom. The third-order valence-electron chi connectivity index (χ3n) is 2.29. The second-order valence-corrected chi connectivity index (χ2v) is 5.63. The topological polar surface area (TPSA) is 69.2 Å². The summed E-state index contributed by atoms with van der Waals surface area (Å²) in [5, 5.41) is -0.235. The summed E-state index contributed by atoms with van der Waals surface area (Å²) in [5.41, 5.74) is 1.32. The van der Waals surface area contributed by atoms with E-state index in [4.69, 9.17) is 4.74 Å². The number of methoxy groups -OCH3 is 1. The third kappa shape index (κ3) is 2.65. The lowest BCUT2D eigenvalue weighted by Gasteiger charge is -2.06. The molecule has 5 nitrogen and oxygen atoms in total. The molecule has 0 saturated carbocycles. The Morgan fingerprint density at radius 2 is 1.78 bits per heavy atom. The molecule has 0 saturated heterocycles. The van der Waals surface area contributed by atoms with E-state index in [0.717, 1.165) is 11.8 Å². The predicted octanol–water partition coefficient (Wildman–Crippen LogP) is 1.56. The van der Waals surface area contributed by atoms with Gasteiger partial charge < -0.3 is 4.74 Å². The molecule has 1 aromatic heterocycles. The van der Waals surface area contributed by atoms with E-state index in [1.165, 1.54) is 7.11 Å². The first-order valence-electron chi connectivity index (χ1n) is 5.19. The number of nitrogens with zero attached hydrogens (tertiary/aromatic N) is 2. The maximum absolute atomic E-state index is 11.5. The monoisotopic (exact) mass is 264 g/mol. The molecular formula is C12H12N2O3S. The zero-order chi connectivity index (χ0) is 13.2. The molecule has 94 valence electrons. The highest BCUT2D eigenvalue weighted by molar-refractivity contribution is 7.90. The van der Waals surface area contributed by atoms with Gasteiger partial charge >= 0.3 is 0 Å². The molecule has 0 atom stereocenters. The van der Waals surface area contributed by atoms with Crippen LogP contribution in [-0.4, -0.2) is 31.8 Å². The minimum atomic E-state index is -3.47. The van der Waals surface area contributed by atoms with Gasteiger partial charge in [0.2, 0.25) is 15.7 Å². The van der Waals surface area contributed by atoms with Gasteiger partial charge in [-0.2, -0.15) is 4.98 Å². The Kier molecular flexibility index (Phi) is 3.29. The number of rotatable bonds is 3. The van der Waals surface area contributed by atoms with Crippen LogP contribution in [0.25, 0.3) is 11.3 Å². The predicted molar refractivity (Wildman–Crippen MR) is 67.1 cm³/mol. The minimum absolute atomic E-state index is 0.226. The molecule has 0 unspecified atom stereocenters. The van der Waals surface area contributed by atoms with Crippen LogP contribution in [0.1, 0.15) is 0 Å². The lowest BCUT2D eigenvalue weighted by molar-refractivity contribution is 0.391. The lowest BCUT2D eigenvalue weighted by atomic mass is 10.1. The second-order valence-electron chi connectivity index (χ2n) is 3.72. The van der Waals surface area contributed by atoms with E-state index < -0.39 is 9.84 Å². The van der Waals surface area contributed by atoms with Crippen LogP contribution in [0.5, 0.6) is 5.88 Å². The lowest BCUT2D eigenvalue weighted by Crippen LogP contribution is -2.06. The van der Waals surface area contributed by atoms with Crippen molar-refractivity contribution >= 4 is 9.84 Å². The van der Waals surface area contributed by atoms with Crippen molar-refractivity contribution in [2.75, 3.05) is 13.4 Å². The summed E-state index contributed by atoms with van der Waals surface area (Å²) in [4.78, 5) is 7.87. The quantitative estimate of drug-likeness (QED) is 0.787. The van der Waals surface area contributed by atoms with Crippen molar-refractivity contribution in [2.24, 2.45) is 0 Å². The molecule has 2 aromatic rings. The Bertz CT molecular complexity index is 654. The van der Waals surface area contributed by atoms with Crippen LogP contribution in [-0.2, 0) is 9.84 Å². The van der Waals surface area contributed by atoms with Crippen LogP contribution < -0.4 is 4.74 Å². The van der Waals surface area contributed by atoms with Crippen molar-refractivity contribution in [3.8, 4) is 17.1 Å². The van der Waals surface area contributed by atoms with Gasteiger partial charge in [-0.25, -0.2) is 13.4 Å². The smallest absolute Gasteiger partial charge is 0.250 e. The molecule has 0 spiro atoms. The van der Waals surface area contributed by atoms with Crippen LogP contribution in [0, 0.1) is 0 Å². The summed E-state index contributed by atoms with van der Waals surface area (Å²) in [5.74, 6) is 0.226. The summed E-state index contributed by atoms with van der Waals surface area (Å²) < 4.78 is 28.0. The highest BCUT2D eigenvalue weighted by Crippen LogP contribution is 2.21. The van der Waals surface area contributed by atoms with Crippen LogP contribution in [0.3, 0.4) is 0 Å². The molecule has 1 aromatic carbocycles. The van der Waals surface area contributed by atoms with Gasteiger partial charge in [-0.05, 0) is 0 Å². The van der Waals surface area contributed by atoms with Crippen LogP contribution in [0.15, 0.2) is 41.6 Å². The summed E-state index contributed by atoms with van der Waals surface area (Å²) in [7, 11) is -2.03. The first kappa shape index (κ1) is 12.5. The van der Waals surface area contributed by atoms with E-state index in [9.17, 15) is 8.42 Å². The third-order valence-corrected chi connectivity index (χ3v) is 3.14. The number of ether oxygens (including phenoxy) is 1. The van der Waals surface area contributed by atoms with Gasteiger partial charge in [-0.3, -0.25) is 0 Å². The highest BCUT2D eigenvalue weighted by atomic mass is 32.2. The zero-order valence-electron chi connectivity index (χ0n) is 9.99. The number of aromatic nitrogens is 2. The van der Waals surface area contributed by atoms with E-state index in [1.54, 1.807) is 6.07 Å². The fraction of sp³-hybridized carbons (Fsp3) is 0.167. The van der Waals surface area contributed by atoms with E-state index >= 15 is 0 Å². The fourth-order valence-electron chi connectivity index (χ4n) is 1.43. The van der Waals surface area contributed by atoms with E-state index in [-0.39, 0.29) is 11.0 Å². The van der Waals surface area contributed by atoms with Crippen molar-refractivity contribution in [1.82, 2.24) is 9.97 Å². The SMILES string of the molecule is COc1cc(-c2ccccc2)nc(S(C)(=O)=O)n1. The zero-order valence-corrected chi connectivity index (χ0v) is 10.8. The molecule has 18 heavy (non-hydrogen) atoms. The number of benzene rings is 1. The first-order valence-corrected chi connectivity index (χ1v) is 7.08. The van der Waals surface area contributed by atoms with Gasteiger partial charge in [0.15, 0.2) is 0 Å². The van der Waals surface area contributed by atoms with Crippen LogP contribution in [0.4, 0.5) is 0 Å². The van der Waals surface area contributed by atoms with E-state index in [2.05, 4.69) is 9.97 Å². The van der Waals surface area contributed by atoms with Gasteiger partial charge in [0.25, 0.3) is 5.16 Å². The average molecular weight is 264 g/mol. The molecule has 0 aliphatic carbocycles. The molecule has 0 amide bonds. The summed E-state index contributed by atoms with van der Waals surface area (Å²) in [6.07, 6.45) is 1.07. The maximum atomic E-state index is 11.5. The molecule has 0 bridgehead atoms. The van der Waals surface area contributed by atoms with Gasteiger partial charge in [0.1, 0.15) is 0 Å². The Balaban J connectivity index is 2.62. The molecule has 2 rings (SSSR count). The molecule has 1 heterocycles. The molecule has 6 heteroatoms. The number of sulfone groups is 1. The van der Waals surface area contributed by atoms with Crippen LogP contribution >= 0.6 is 0 Å². The molecular weight excluding hydrogens is 252 g/mol. The number of hydrogen-bond acceptors (Lipinski definition) is 5. The van der Waals surface area contributed by atoms with Gasteiger partial charge in [-0.15, -0.1) is 0 Å². The molecule has 0 radical (unpaired) electrons. The maximum Gasteiger partial charge on any atom is 0.250 e. The van der Waals surface area contributed by atoms with Crippen molar-refractivity contribution < 1.29 is 13.2 Å². The first-order chi connectivity index (χ1) is 8.50. The van der Waals surface area contributed by atoms with Crippen molar-refractivity contribution in [2.45, 2.75) is 5.16 Å². The largest absolute Gasteiger partial charge is 0.481 e. The molecule has 0 fully saturated rings. The van der Waals surface area contributed by atoms with E-state index in [0.29, 0.717) is 5.69 Å². The Hall–Kier alpha value is -1.95. The number of hydrogen-bond donors (Lipinski definition) is 0. The highest BCUT2D eigenvalue weighted by Gasteiger charge is 2.15. The summed E-state index contributed by atoms with van der Waals surface area (Å²) >= 11 is 0. The van der Waals surface area contributed by atoms with Crippen LogP contribution in [0.2, 0.25) is 0 Å². The van der Waals surface area contributed by atoms with Gasteiger partial charge in [-0.1, -0.05) is 30.3 Å². The van der Waals surface area contributed by atoms with Crippen molar-refractivity contribution in [3.63, 3.8) is 0 Å². The Morgan fingerprint density at radius 3 is 2.33 bits per heavy atom. The minimum Gasteiger partial charge on any atom is -0.481 e. The normalized spacial score (nSPS) is 11.2. The van der Waals surface area contributed by atoms with Gasteiger partial charge in [0.05, 0.1) is 12.8 Å². The molecule has 0 N–H and O–H groups in total. The second kappa shape index (κ2) is 4.73. The average Bonchev–Trinajstić information content (AvgIpc) is 2.38. The van der Waals surface area contributed by atoms with Crippen molar-refractivity contribution in [1.29, 1.82) is 0 Å². The standard InChI is InChI=1S/C12H12N2O3S/c1-17-11-8-10(9-6-4-3-5-7-9)13-12(14-11)18(2,15)16/h3-8H,1-2H3. The van der Waals surface area contributed by atoms with E-state index in [1.807, 2.05) is 30.3 Å². The Labute approximate surface area is 105 Å².